The SMILES string of the molecule is CC(C)(C)c1ccc(-c2ccc(N(c3ccc(C=O)cc3)c3ccc(-c4ccc(C(C)(C)C)cc4)cc3)cc2)cc1. The molecule has 0 amide bonds. The molecule has 2 heteroatoms. The van der Waals surface area contributed by atoms with Crippen molar-refractivity contribution in [2.75, 3.05) is 4.90 Å². The quantitative estimate of drug-likeness (QED) is 0.201. The number of carbonyl (C=O) groups excluding carboxylic acids is 1. The van der Waals surface area contributed by atoms with Gasteiger partial charge < -0.3 is 4.90 Å². The molecule has 0 aromatic heterocycles. The van der Waals surface area contributed by atoms with Gasteiger partial charge in [-0.25, -0.2) is 0 Å². The standard InChI is InChI=1S/C39H39NO/c1-38(2,3)33-17-9-29(10-18-33)31-13-23-36(24-14-31)40(35-21-7-28(27-41)8-22-35)37-25-15-32(16-26-37)30-11-19-34(20-12-30)39(4,5)6/h7-27H,1-6H3. The van der Waals surface area contributed by atoms with Crippen LogP contribution in [0.4, 0.5) is 17.1 Å². The van der Waals surface area contributed by atoms with Gasteiger partial charge in [0.05, 0.1) is 0 Å². The Kier molecular flexibility index (Phi) is 7.69. The van der Waals surface area contributed by atoms with Crippen molar-refractivity contribution >= 4 is 23.3 Å². The minimum absolute atomic E-state index is 0.133. The zero-order valence-electron chi connectivity index (χ0n) is 25.0. The number of hydrogen-bond donors (Lipinski definition) is 0. The number of nitrogens with zero attached hydrogens (tertiary/aromatic N) is 1. The molecule has 0 radical (unpaired) electrons. The number of carbonyl (C=O) groups is 1. The molecule has 0 saturated heterocycles. The lowest BCUT2D eigenvalue weighted by Crippen LogP contribution is -2.10. The zero-order valence-corrected chi connectivity index (χ0v) is 25.0. The van der Waals surface area contributed by atoms with Gasteiger partial charge in [0.1, 0.15) is 6.29 Å². The van der Waals surface area contributed by atoms with Gasteiger partial charge in [-0.2, -0.15) is 0 Å². The van der Waals surface area contributed by atoms with Crippen molar-refractivity contribution in [2.24, 2.45) is 0 Å². The lowest BCUT2D eigenvalue weighted by atomic mass is 9.86. The largest absolute Gasteiger partial charge is 0.311 e. The van der Waals surface area contributed by atoms with Crippen LogP contribution in [0, 0.1) is 0 Å². The Morgan fingerprint density at radius 3 is 0.951 bits per heavy atom. The summed E-state index contributed by atoms with van der Waals surface area (Å²) in [4.78, 5) is 13.5. The van der Waals surface area contributed by atoms with Crippen LogP contribution in [0.1, 0.15) is 63.0 Å². The van der Waals surface area contributed by atoms with E-state index in [1.807, 2.05) is 24.3 Å². The normalized spacial score (nSPS) is 11.8. The Hall–Kier alpha value is -4.43. The van der Waals surface area contributed by atoms with Gasteiger partial charge in [0, 0.05) is 22.6 Å². The molecule has 5 aromatic carbocycles. The third kappa shape index (κ3) is 6.33. The summed E-state index contributed by atoms with van der Waals surface area (Å²) in [5.74, 6) is 0. The second-order valence-corrected chi connectivity index (χ2v) is 12.8. The summed E-state index contributed by atoms with van der Waals surface area (Å²) in [6, 6.07) is 42.8. The van der Waals surface area contributed by atoms with E-state index in [9.17, 15) is 4.79 Å². The average molecular weight is 538 g/mol. The fourth-order valence-electron chi connectivity index (χ4n) is 5.08. The van der Waals surface area contributed by atoms with Crippen molar-refractivity contribution in [3.8, 4) is 22.3 Å². The summed E-state index contributed by atoms with van der Waals surface area (Å²) >= 11 is 0. The summed E-state index contributed by atoms with van der Waals surface area (Å²) < 4.78 is 0. The average Bonchev–Trinajstić information content (AvgIpc) is 2.98. The first kappa shape index (κ1) is 28.1. The highest BCUT2D eigenvalue weighted by atomic mass is 16.1. The van der Waals surface area contributed by atoms with Gasteiger partial charge >= 0.3 is 0 Å². The summed E-state index contributed by atoms with van der Waals surface area (Å²) in [5, 5.41) is 0. The van der Waals surface area contributed by atoms with Crippen molar-refractivity contribution < 1.29 is 4.79 Å². The van der Waals surface area contributed by atoms with Gasteiger partial charge in [-0.15, -0.1) is 0 Å². The van der Waals surface area contributed by atoms with E-state index >= 15 is 0 Å². The van der Waals surface area contributed by atoms with Gasteiger partial charge in [-0.3, -0.25) is 4.79 Å². The van der Waals surface area contributed by atoms with E-state index in [2.05, 4.69) is 144 Å². The Bertz CT molecular complexity index is 1500. The highest BCUT2D eigenvalue weighted by molar-refractivity contribution is 5.82. The van der Waals surface area contributed by atoms with Gasteiger partial charge in [-0.05, 0) is 92.7 Å². The fourth-order valence-corrected chi connectivity index (χ4v) is 5.08. The Morgan fingerprint density at radius 1 is 0.415 bits per heavy atom. The van der Waals surface area contributed by atoms with Crippen LogP contribution in [0.2, 0.25) is 0 Å². The van der Waals surface area contributed by atoms with Crippen molar-refractivity contribution in [1.82, 2.24) is 0 Å². The molecule has 0 aliphatic heterocycles. The summed E-state index contributed by atoms with van der Waals surface area (Å²) in [6.45, 7) is 13.4. The van der Waals surface area contributed by atoms with Crippen molar-refractivity contribution in [1.29, 1.82) is 0 Å². The molecule has 5 aromatic rings. The van der Waals surface area contributed by atoms with Crippen molar-refractivity contribution in [3.63, 3.8) is 0 Å². The predicted octanol–water partition coefficient (Wildman–Crippen LogP) is 10.9. The van der Waals surface area contributed by atoms with Crippen LogP contribution in [0.5, 0.6) is 0 Å². The first-order chi connectivity index (χ1) is 19.5. The van der Waals surface area contributed by atoms with Gasteiger partial charge in [0.25, 0.3) is 0 Å². The van der Waals surface area contributed by atoms with Crippen molar-refractivity contribution in [2.45, 2.75) is 52.4 Å². The van der Waals surface area contributed by atoms with E-state index in [1.165, 1.54) is 33.4 Å². The molecule has 0 N–H and O–H groups in total. The molecular formula is C39H39NO. The molecule has 2 nitrogen and oxygen atoms in total. The Morgan fingerprint density at radius 2 is 0.683 bits per heavy atom. The van der Waals surface area contributed by atoms with Crippen LogP contribution < -0.4 is 4.90 Å². The molecule has 0 bridgehead atoms. The van der Waals surface area contributed by atoms with Crippen LogP contribution in [0.15, 0.2) is 121 Å². The molecule has 0 aliphatic rings. The van der Waals surface area contributed by atoms with E-state index in [0.29, 0.717) is 5.56 Å². The second kappa shape index (κ2) is 11.2. The van der Waals surface area contributed by atoms with Crippen molar-refractivity contribution in [3.05, 3.63) is 138 Å². The number of hydrogen-bond acceptors (Lipinski definition) is 2. The number of aldehydes is 1. The monoisotopic (exact) mass is 537 g/mol. The van der Waals surface area contributed by atoms with Gasteiger partial charge in [0.15, 0.2) is 0 Å². The predicted molar refractivity (Wildman–Crippen MR) is 175 cm³/mol. The minimum atomic E-state index is 0.133. The number of rotatable bonds is 6. The molecular weight excluding hydrogens is 498 g/mol. The minimum Gasteiger partial charge on any atom is -0.311 e. The number of benzene rings is 5. The summed E-state index contributed by atoms with van der Waals surface area (Å²) in [7, 11) is 0. The zero-order chi connectivity index (χ0) is 29.2. The maximum Gasteiger partial charge on any atom is 0.150 e. The highest BCUT2D eigenvalue weighted by Gasteiger charge is 2.16. The van der Waals surface area contributed by atoms with Crippen LogP contribution in [-0.2, 0) is 10.8 Å². The molecule has 0 fully saturated rings. The third-order valence-electron chi connectivity index (χ3n) is 7.71. The molecule has 206 valence electrons. The van der Waals surface area contributed by atoms with Crippen LogP contribution in [0.25, 0.3) is 22.3 Å². The molecule has 0 saturated carbocycles. The van der Waals surface area contributed by atoms with Gasteiger partial charge in [0.2, 0.25) is 0 Å². The van der Waals surface area contributed by atoms with E-state index in [-0.39, 0.29) is 10.8 Å². The first-order valence-electron chi connectivity index (χ1n) is 14.3. The molecule has 0 aliphatic carbocycles. The van der Waals surface area contributed by atoms with Crippen LogP contribution >= 0.6 is 0 Å². The molecule has 0 atom stereocenters. The molecule has 0 unspecified atom stereocenters. The maximum absolute atomic E-state index is 11.3. The number of anilines is 3. The molecule has 5 rings (SSSR count). The van der Waals surface area contributed by atoms with Gasteiger partial charge in [-0.1, -0.05) is 114 Å². The molecule has 0 spiro atoms. The summed E-state index contributed by atoms with van der Waals surface area (Å²) in [6.07, 6.45) is 0.883. The third-order valence-corrected chi connectivity index (χ3v) is 7.71. The molecule has 41 heavy (non-hydrogen) atoms. The second-order valence-electron chi connectivity index (χ2n) is 12.8. The van der Waals surface area contributed by atoms with E-state index < -0.39 is 0 Å². The Labute approximate surface area is 245 Å². The lowest BCUT2D eigenvalue weighted by molar-refractivity contribution is 0.112. The topological polar surface area (TPSA) is 20.3 Å². The smallest absolute Gasteiger partial charge is 0.150 e. The van der Waals surface area contributed by atoms with E-state index in [0.717, 1.165) is 23.3 Å². The first-order valence-corrected chi connectivity index (χ1v) is 14.3. The highest BCUT2D eigenvalue weighted by Crippen LogP contribution is 2.37. The lowest BCUT2D eigenvalue weighted by Gasteiger charge is -2.26. The molecule has 0 heterocycles. The van der Waals surface area contributed by atoms with E-state index in [4.69, 9.17) is 0 Å². The summed E-state index contributed by atoms with van der Waals surface area (Å²) in [5.41, 5.74) is 11.5. The van der Waals surface area contributed by atoms with Crippen LogP contribution in [-0.4, -0.2) is 6.29 Å². The van der Waals surface area contributed by atoms with E-state index in [1.54, 1.807) is 0 Å². The fraction of sp³-hybridized carbons (Fsp3) is 0.205. The van der Waals surface area contributed by atoms with Crippen LogP contribution in [0.3, 0.4) is 0 Å². The maximum atomic E-state index is 11.3. The Balaban J connectivity index is 1.47.